The van der Waals surface area contributed by atoms with Crippen LogP contribution in [0.15, 0.2) is 24.4 Å². The molecule has 0 saturated heterocycles. The lowest BCUT2D eigenvalue weighted by molar-refractivity contribution is 0.530. The number of benzene rings is 1. The van der Waals surface area contributed by atoms with Gasteiger partial charge < -0.3 is 9.88 Å². The van der Waals surface area contributed by atoms with Crippen molar-refractivity contribution in [1.29, 1.82) is 0 Å². The highest BCUT2D eigenvalue weighted by molar-refractivity contribution is 6.42. The van der Waals surface area contributed by atoms with E-state index < -0.39 is 0 Å². The molecule has 1 unspecified atom stereocenters. The lowest BCUT2D eigenvalue weighted by Crippen LogP contribution is -2.21. The first-order valence-electron chi connectivity index (χ1n) is 5.84. The first kappa shape index (κ1) is 14.7. The second-order valence-corrected chi connectivity index (χ2v) is 5.49. The van der Waals surface area contributed by atoms with E-state index in [-0.39, 0.29) is 6.04 Å². The summed E-state index contributed by atoms with van der Waals surface area (Å²) in [6.45, 7) is 2.64. The number of hydrogen-bond donors (Lipinski definition) is 1. The van der Waals surface area contributed by atoms with E-state index in [4.69, 9.17) is 34.8 Å². The van der Waals surface area contributed by atoms with E-state index in [2.05, 4.69) is 10.3 Å². The van der Waals surface area contributed by atoms with Crippen molar-refractivity contribution in [3.05, 3.63) is 51.0 Å². The monoisotopic (exact) mass is 317 g/mol. The second kappa shape index (κ2) is 6.14. The molecule has 19 heavy (non-hydrogen) atoms. The Balaban J connectivity index is 2.06. The fourth-order valence-corrected chi connectivity index (χ4v) is 2.37. The second-order valence-electron chi connectivity index (χ2n) is 4.31. The molecule has 0 amide bonds. The Morgan fingerprint density at radius 1 is 1.32 bits per heavy atom. The highest BCUT2D eigenvalue weighted by Gasteiger charge is 2.13. The van der Waals surface area contributed by atoms with Gasteiger partial charge in [-0.2, -0.15) is 0 Å². The van der Waals surface area contributed by atoms with Crippen LogP contribution >= 0.6 is 34.8 Å². The first-order chi connectivity index (χ1) is 9.00. The number of aromatic nitrogens is 2. The van der Waals surface area contributed by atoms with Gasteiger partial charge in [0, 0.05) is 13.6 Å². The maximum Gasteiger partial charge on any atom is 0.128 e. The van der Waals surface area contributed by atoms with Gasteiger partial charge in [-0.15, -0.1) is 0 Å². The number of rotatable bonds is 4. The Bertz CT molecular complexity index is 581. The summed E-state index contributed by atoms with van der Waals surface area (Å²) in [5.74, 6) is 0.878. The Morgan fingerprint density at radius 3 is 2.68 bits per heavy atom. The molecule has 0 saturated carbocycles. The normalized spacial score (nSPS) is 12.7. The molecule has 2 aromatic rings. The Labute approximate surface area is 127 Å². The van der Waals surface area contributed by atoms with Crippen LogP contribution in [0, 0.1) is 0 Å². The van der Waals surface area contributed by atoms with Gasteiger partial charge in [-0.1, -0.05) is 46.9 Å². The van der Waals surface area contributed by atoms with Crippen molar-refractivity contribution in [3.8, 4) is 0 Å². The Morgan fingerprint density at radius 2 is 2.05 bits per heavy atom. The minimum Gasteiger partial charge on any atom is -0.321 e. The standard InChI is InChI=1S/C13H14Cl3N3/c1-8(13-18-7-11(15)19(13)2)17-6-9-4-3-5-10(14)12(9)16/h3-5,7-8,17H,6H2,1-2H3. The number of imidazole rings is 1. The molecular weight excluding hydrogens is 305 g/mol. The maximum absolute atomic E-state index is 6.14. The predicted molar refractivity (Wildman–Crippen MR) is 79.9 cm³/mol. The van der Waals surface area contributed by atoms with Gasteiger partial charge in [0.25, 0.3) is 0 Å². The van der Waals surface area contributed by atoms with Gasteiger partial charge in [-0.05, 0) is 18.6 Å². The number of nitrogens with one attached hydrogen (secondary N) is 1. The summed E-state index contributed by atoms with van der Waals surface area (Å²) in [6, 6.07) is 5.66. The molecule has 1 aromatic carbocycles. The maximum atomic E-state index is 6.14. The summed E-state index contributed by atoms with van der Waals surface area (Å²) >= 11 is 18.1. The quantitative estimate of drug-likeness (QED) is 0.914. The summed E-state index contributed by atoms with van der Waals surface area (Å²) in [4.78, 5) is 4.28. The third kappa shape index (κ3) is 3.23. The molecule has 1 aromatic heterocycles. The van der Waals surface area contributed by atoms with Crippen molar-refractivity contribution in [2.45, 2.75) is 19.5 Å². The molecule has 1 heterocycles. The van der Waals surface area contributed by atoms with Gasteiger partial charge in [0.2, 0.25) is 0 Å². The molecule has 0 aliphatic rings. The zero-order valence-electron chi connectivity index (χ0n) is 10.6. The number of halogens is 3. The van der Waals surface area contributed by atoms with E-state index in [0.717, 1.165) is 11.4 Å². The largest absolute Gasteiger partial charge is 0.321 e. The van der Waals surface area contributed by atoms with Crippen LogP contribution in [0.2, 0.25) is 15.2 Å². The molecule has 0 aliphatic carbocycles. The van der Waals surface area contributed by atoms with Gasteiger partial charge in [-0.25, -0.2) is 4.98 Å². The van der Waals surface area contributed by atoms with Crippen molar-refractivity contribution >= 4 is 34.8 Å². The lowest BCUT2D eigenvalue weighted by atomic mass is 10.2. The molecule has 3 nitrogen and oxygen atoms in total. The topological polar surface area (TPSA) is 29.9 Å². The minimum absolute atomic E-state index is 0.0625. The van der Waals surface area contributed by atoms with E-state index in [1.165, 1.54) is 0 Å². The number of nitrogens with zero attached hydrogens (tertiary/aromatic N) is 2. The van der Waals surface area contributed by atoms with Gasteiger partial charge >= 0.3 is 0 Å². The van der Waals surface area contributed by atoms with Crippen LogP contribution in [-0.2, 0) is 13.6 Å². The van der Waals surface area contributed by atoms with Crippen LogP contribution in [0.4, 0.5) is 0 Å². The highest BCUT2D eigenvalue weighted by atomic mass is 35.5. The lowest BCUT2D eigenvalue weighted by Gasteiger charge is -2.15. The summed E-state index contributed by atoms with van der Waals surface area (Å²) in [5.41, 5.74) is 0.960. The van der Waals surface area contributed by atoms with Gasteiger partial charge in [0.1, 0.15) is 11.0 Å². The van der Waals surface area contributed by atoms with Crippen LogP contribution in [0.3, 0.4) is 0 Å². The zero-order chi connectivity index (χ0) is 14.0. The summed E-state index contributed by atoms with van der Waals surface area (Å²) in [5, 5.41) is 5.12. The van der Waals surface area contributed by atoms with Gasteiger partial charge in [0.05, 0.1) is 22.3 Å². The fourth-order valence-electron chi connectivity index (χ4n) is 1.84. The summed E-state index contributed by atoms with van der Waals surface area (Å²) in [6.07, 6.45) is 1.64. The van der Waals surface area contributed by atoms with E-state index in [0.29, 0.717) is 21.7 Å². The molecule has 0 fully saturated rings. The van der Waals surface area contributed by atoms with Crippen LogP contribution in [-0.4, -0.2) is 9.55 Å². The highest BCUT2D eigenvalue weighted by Crippen LogP contribution is 2.26. The average molecular weight is 319 g/mol. The van der Waals surface area contributed by atoms with Crippen molar-refractivity contribution < 1.29 is 0 Å². The van der Waals surface area contributed by atoms with Crippen molar-refractivity contribution in [1.82, 2.24) is 14.9 Å². The summed E-state index contributed by atoms with van der Waals surface area (Å²) < 4.78 is 1.85. The molecule has 0 radical (unpaired) electrons. The first-order valence-corrected chi connectivity index (χ1v) is 6.97. The fraction of sp³-hybridized carbons (Fsp3) is 0.308. The Hall–Kier alpha value is -0.740. The minimum atomic E-state index is 0.0625. The van der Waals surface area contributed by atoms with Gasteiger partial charge in [0.15, 0.2) is 0 Å². The molecule has 6 heteroatoms. The van der Waals surface area contributed by atoms with Crippen LogP contribution in [0.1, 0.15) is 24.4 Å². The molecule has 0 aliphatic heterocycles. The number of hydrogen-bond acceptors (Lipinski definition) is 2. The van der Waals surface area contributed by atoms with Gasteiger partial charge in [-0.3, -0.25) is 0 Å². The van der Waals surface area contributed by atoms with Crippen molar-refractivity contribution in [2.75, 3.05) is 0 Å². The van der Waals surface area contributed by atoms with Crippen molar-refractivity contribution in [2.24, 2.45) is 7.05 Å². The van der Waals surface area contributed by atoms with Crippen LogP contribution in [0.5, 0.6) is 0 Å². The van der Waals surface area contributed by atoms with E-state index >= 15 is 0 Å². The Kier molecular flexibility index (Phi) is 4.74. The molecule has 1 N–H and O–H groups in total. The average Bonchev–Trinajstić information content (AvgIpc) is 2.72. The molecule has 1 atom stereocenters. The molecule has 0 bridgehead atoms. The van der Waals surface area contributed by atoms with Crippen LogP contribution < -0.4 is 5.32 Å². The molecular formula is C13H14Cl3N3. The van der Waals surface area contributed by atoms with Crippen molar-refractivity contribution in [3.63, 3.8) is 0 Å². The molecule has 102 valence electrons. The van der Waals surface area contributed by atoms with E-state index in [1.807, 2.05) is 30.7 Å². The van der Waals surface area contributed by atoms with E-state index in [9.17, 15) is 0 Å². The van der Waals surface area contributed by atoms with Crippen LogP contribution in [0.25, 0.3) is 0 Å². The molecule has 0 spiro atoms. The smallest absolute Gasteiger partial charge is 0.128 e. The zero-order valence-corrected chi connectivity index (χ0v) is 12.9. The third-order valence-electron chi connectivity index (χ3n) is 2.98. The summed E-state index contributed by atoms with van der Waals surface area (Å²) in [7, 11) is 1.88. The SMILES string of the molecule is CC(NCc1cccc(Cl)c1Cl)c1ncc(Cl)n1C. The third-order valence-corrected chi connectivity index (χ3v) is 4.19. The predicted octanol–water partition coefficient (Wildman–Crippen LogP) is 4.23. The molecule has 2 rings (SSSR count). The van der Waals surface area contributed by atoms with E-state index in [1.54, 1.807) is 12.3 Å².